The normalized spacial score (nSPS) is 10.9. The Kier molecular flexibility index (Phi) is 8.13. The molecule has 0 saturated heterocycles. The molecule has 0 aliphatic rings. The van der Waals surface area contributed by atoms with Gasteiger partial charge in [0.05, 0.1) is 18.7 Å². The lowest BCUT2D eigenvalue weighted by Crippen LogP contribution is -2.22. The Balaban J connectivity index is 1.55. The van der Waals surface area contributed by atoms with Gasteiger partial charge in [-0.05, 0) is 67.1 Å². The number of rotatable bonds is 9. The molecule has 0 heterocycles. The highest BCUT2D eigenvalue weighted by Gasteiger charge is 2.30. The molecular formula is C25H24F3N3O3. The fourth-order valence-electron chi connectivity index (χ4n) is 2.99. The van der Waals surface area contributed by atoms with Crippen molar-refractivity contribution in [1.29, 1.82) is 0 Å². The SMILES string of the molecule is CCCOc1ccc(NC(=O)CNc2cccc(C(=O)Nc3cccc(C(F)(F)F)c3)c2)cc1. The molecule has 0 aromatic heterocycles. The Hall–Kier alpha value is -4.01. The minimum atomic E-state index is -4.50. The summed E-state index contributed by atoms with van der Waals surface area (Å²) in [6, 6.07) is 17.7. The van der Waals surface area contributed by atoms with Gasteiger partial charge in [0.15, 0.2) is 0 Å². The predicted octanol–water partition coefficient (Wildman–Crippen LogP) is 5.80. The minimum Gasteiger partial charge on any atom is -0.494 e. The highest BCUT2D eigenvalue weighted by molar-refractivity contribution is 6.05. The summed E-state index contributed by atoms with van der Waals surface area (Å²) in [7, 11) is 0. The van der Waals surface area contributed by atoms with Gasteiger partial charge >= 0.3 is 6.18 Å². The zero-order chi connectivity index (χ0) is 24.6. The minimum absolute atomic E-state index is 0.0312. The third kappa shape index (κ3) is 7.26. The second kappa shape index (κ2) is 11.2. The van der Waals surface area contributed by atoms with E-state index in [4.69, 9.17) is 4.74 Å². The van der Waals surface area contributed by atoms with Gasteiger partial charge < -0.3 is 20.7 Å². The van der Waals surface area contributed by atoms with E-state index in [1.807, 2.05) is 6.92 Å². The van der Waals surface area contributed by atoms with Gasteiger partial charge in [0, 0.05) is 22.6 Å². The zero-order valence-corrected chi connectivity index (χ0v) is 18.4. The number of halogens is 3. The molecule has 6 nitrogen and oxygen atoms in total. The fraction of sp³-hybridized carbons (Fsp3) is 0.200. The summed E-state index contributed by atoms with van der Waals surface area (Å²) in [6.45, 7) is 2.58. The van der Waals surface area contributed by atoms with Crippen LogP contribution in [0, 0.1) is 0 Å². The number of alkyl halides is 3. The number of carbonyl (C=O) groups is 2. The number of amides is 2. The van der Waals surface area contributed by atoms with Crippen molar-refractivity contribution in [3.63, 3.8) is 0 Å². The maximum atomic E-state index is 12.9. The van der Waals surface area contributed by atoms with Crippen LogP contribution < -0.4 is 20.7 Å². The van der Waals surface area contributed by atoms with E-state index in [0.717, 1.165) is 24.3 Å². The van der Waals surface area contributed by atoms with E-state index >= 15 is 0 Å². The molecule has 0 spiro atoms. The van der Waals surface area contributed by atoms with Gasteiger partial charge in [-0.2, -0.15) is 13.2 Å². The number of nitrogens with one attached hydrogen (secondary N) is 3. The second-order valence-corrected chi connectivity index (χ2v) is 7.39. The molecule has 3 aromatic carbocycles. The summed E-state index contributed by atoms with van der Waals surface area (Å²) in [5.41, 5.74) is 0.532. The second-order valence-electron chi connectivity index (χ2n) is 7.39. The van der Waals surface area contributed by atoms with Crippen LogP contribution in [0.2, 0.25) is 0 Å². The first kappa shape index (κ1) is 24.6. The molecule has 3 rings (SSSR count). The molecule has 3 N–H and O–H groups in total. The zero-order valence-electron chi connectivity index (χ0n) is 18.4. The monoisotopic (exact) mass is 471 g/mol. The van der Waals surface area contributed by atoms with Crippen LogP contribution in [0.1, 0.15) is 29.3 Å². The average Bonchev–Trinajstić information content (AvgIpc) is 2.82. The third-order valence-electron chi connectivity index (χ3n) is 4.64. The van der Waals surface area contributed by atoms with Crippen molar-refractivity contribution in [1.82, 2.24) is 0 Å². The Morgan fingerprint density at radius 2 is 1.56 bits per heavy atom. The van der Waals surface area contributed by atoms with Crippen molar-refractivity contribution >= 4 is 28.9 Å². The molecule has 0 unspecified atom stereocenters. The van der Waals surface area contributed by atoms with Crippen LogP contribution in [0.3, 0.4) is 0 Å². The summed E-state index contributed by atoms with van der Waals surface area (Å²) in [5.74, 6) is -0.142. The summed E-state index contributed by atoms with van der Waals surface area (Å²) < 4.78 is 44.1. The highest BCUT2D eigenvalue weighted by atomic mass is 19.4. The first-order valence-corrected chi connectivity index (χ1v) is 10.6. The molecule has 0 atom stereocenters. The van der Waals surface area contributed by atoms with E-state index in [1.54, 1.807) is 36.4 Å². The van der Waals surface area contributed by atoms with E-state index in [1.165, 1.54) is 24.3 Å². The van der Waals surface area contributed by atoms with Crippen molar-refractivity contribution in [2.75, 3.05) is 29.1 Å². The lowest BCUT2D eigenvalue weighted by Gasteiger charge is -2.11. The Morgan fingerprint density at radius 3 is 2.26 bits per heavy atom. The van der Waals surface area contributed by atoms with E-state index in [2.05, 4.69) is 16.0 Å². The number of anilines is 3. The molecule has 0 saturated carbocycles. The van der Waals surface area contributed by atoms with Gasteiger partial charge in [-0.1, -0.05) is 19.1 Å². The van der Waals surface area contributed by atoms with Crippen molar-refractivity contribution in [2.45, 2.75) is 19.5 Å². The van der Waals surface area contributed by atoms with E-state index in [9.17, 15) is 22.8 Å². The Morgan fingerprint density at radius 1 is 0.853 bits per heavy atom. The molecule has 0 bridgehead atoms. The maximum Gasteiger partial charge on any atom is 0.416 e. The van der Waals surface area contributed by atoms with Crippen molar-refractivity contribution in [2.24, 2.45) is 0 Å². The third-order valence-corrected chi connectivity index (χ3v) is 4.64. The van der Waals surface area contributed by atoms with Crippen LogP contribution in [-0.2, 0) is 11.0 Å². The highest BCUT2D eigenvalue weighted by Crippen LogP contribution is 2.30. The average molecular weight is 471 g/mol. The van der Waals surface area contributed by atoms with Crippen molar-refractivity contribution in [3.8, 4) is 5.75 Å². The fourth-order valence-corrected chi connectivity index (χ4v) is 2.99. The molecule has 178 valence electrons. The molecular weight excluding hydrogens is 447 g/mol. The smallest absolute Gasteiger partial charge is 0.416 e. The standard InChI is InChI=1S/C25H24F3N3O3/c1-2-13-34-22-11-9-19(10-12-22)30-23(32)16-29-20-7-3-5-17(14-20)24(33)31-21-8-4-6-18(15-21)25(26,27)28/h3-12,14-15,29H,2,13,16H2,1H3,(H,30,32)(H,31,33). The Bertz CT molecular complexity index is 1130. The van der Waals surface area contributed by atoms with Crippen LogP contribution in [0.25, 0.3) is 0 Å². The van der Waals surface area contributed by atoms with Crippen LogP contribution in [0.15, 0.2) is 72.8 Å². The molecule has 34 heavy (non-hydrogen) atoms. The largest absolute Gasteiger partial charge is 0.494 e. The van der Waals surface area contributed by atoms with Crippen LogP contribution in [0.4, 0.5) is 30.2 Å². The van der Waals surface area contributed by atoms with E-state index in [0.29, 0.717) is 18.0 Å². The van der Waals surface area contributed by atoms with Gasteiger partial charge in [0.2, 0.25) is 5.91 Å². The number of carbonyl (C=O) groups excluding carboxylic acids is 2. The maximum absolute atomic E-state index is 12.9. The van der Waals surface area contributed by atoms with E-state index < -0.39 is 17.6 Å². The number of hydrogen-bond donors (Lipinski definition) is 3. The summed E-state index contributed by atoms with van der Waals surface area (Å²) in [4.78, 5) is 24.7. The van der Waals surface area contributed by atoms with Crippen molar-refractivity contribution < 1.29 is 27.5 Å². The van der Waals surface area contributed by atoms with E-state index in [-0.39, 0.29) is 23.7 Å². The first-order chi connectivity index (χ1) is 16.2. The predicted molar refractivity (Wildman–Crippen MR) is 125 cm³/mol. The number of benzene rings is 3. The number of hydrogen-bond acceptors (Lipinski definition) is 4. The molecule has 0 aliphatic heterocycles. The summed E-state index contributed by atoms with van der Waals surface area (Å²) in [5, 5.41) is 8.14. The summed E-state index contributed by atoms with van der Waals surface area (Å²) >= 11 is 0. The van der Waals surface area contributed by atoms with Crippen molar-refractivity contribution in [3.05, 3.63) is 83.9 Å². The van der Waals surface area contributed by atoms with Gasteiger partial charge in [0.1, 0.15) is 5.75 Å². The molecule has 0 aliphatic carbocycles. The van der Waals surface area contributed by atoms with Crippen LogP contribution in [-0.4, -0.2) is 25.0 Å². The van der Waals surface area contributed by atoms with Gasteiger partial charge in [-0.25, -0.2) is 0 Å². The number of ether oxygens (including phenoxy) is 1. The molecule has 2 amide bonds. The summed E-state index contributed by atoms with van der Waals surface area (Å²) in [6.07, 6.45) is -3.60. The topological polar surface area (TPSA) is 79.5 Å². The molecule has 9 heteroatoms. The quantitative estimate of drug-likeness (QED) is 0.369. The molecule has 0 radical (unpaired) electrons. The van der Waals surface area contributed by atoms with Gasteiger partial charge in [-0.15, -0.1) is 0 Å². The lowest BCUT2D eigenvalue weighted by atomic mass is 10.1. The lowest BCUT2D eigenvalue weighted by molar-refractivity contribution is -0.137. The van der Waals surface area contributed by atoms with Crippen LogP contribution in [0.5, 0.6) is 5.75 Å². The first-order valence-electron chi connectivity index (χ1n) is 10.6. The van der Waals surface area contributed by atoms with Gasteiger partial charge in [0.25, 0.3) is 5.91 Å². The molecule has 3 aromatic rings. The Labute approximate surface area is 195 Å². The van der Waals surface area contributed by atoms with Gasteiger partial charge in [-0.3, -0.25) is 9.59 Å². The van der Waals surface area contributed by atoms with Crippen LogP contribution >= 0.6 is 0 Å². The molecule has 0 fully saturated rings.